The fourth-order valence-electron chi connectivity index (χ4n) is 3.76. The van der Waals surface area contributed by atoms with E-state index in [4.69, 9.17) is 5.73 Å². The van der Waals surface area contributed by atoms with Crippen molar-refractivity contribution in [1.82, 2.24) is 24.3 Å². The average Bonchev–Trinajstić information content (AvgIpc) is 3.17. The number of rotatable bonds is 4. The largest absolute Gasteiger partial charge is 0.383 e. The molecule has 0 aliphatic rings. The van der Waals surface area contributed by atoms with Gasteiger partial charge in [0.25, 0.3) is 0 Å². The number of pyridine rings is 2. The molecule has 170 valence electrons. The number of aromatic nitrogens is 5. The topological polar surface area (TPSA) is 82.0 Å². The standard InChI is InChI=1S/C24H16F4N6/c1-12-6-7-30-9-15(12)16-10-31-24(33-23(16)29)22-19-5-2-13(25)11-34(19)20(32-22)8-14-17(26)3-4-18(27)21(14)28/h2-7,9-11H,8H2,1H3,(H2,29,31,33). The smallest absolute Gasteiger partial charge is 0.182 e. The van der Waals surface area contributed by atoms with Crippen molar-refractivity contribution in [3.63, 3.8) is 0 Å². The molecule has 4 aromatic heterocycles. The van der Waals surface area contributed by atoms with E-state index in [-0.39, 0.29) is 23.2 Å². The molecule has 1 aromatic carbocycles. The molecule has 4 heterocycles. The van der Waals surface area contributed by atoms with Gasteiger partial charge in [-0.25, -0.2) is 32.5 Å². The Morgan fingerprint density at radius 3 is 2.47 bits per heavy atom. The lowest BCUT2D eigenvalue weighted by molar-refractivity contribution is 0.481. The SMILES string of the molecule is Cc1ccncc1-c1cnc(-c2nc(Cc3c(F)ccc(F)c3F)n3cc(F)ccc23)nc1N. The first-order valence-corrected chi connectivity index (χ1v) is 10.2. The highest BCUT2D eigenvalue weighted by molar-refractivity contribution is 5.79. The average molecular weight is 464 g/mol. The summed E-state index contributed by atoms with van der Waals surface area (Å²) in [5.74, 6) is -3.67. The number of imidazole rings is 1. The van der Waals surface area contributed by atoms with Crippen LogP contribution in [0.15, 0.2) is 55.1 Å². The summed E-state index contributed by atoms with van der Waals surface area (Å²) in [4.78, 5) is 17.3. The summed E-state index contributed by atoms with van der Waals surface area (Å²) in [5.41, 5.74) is 8.57. The van der Waals surface area contributed by atoms with Crippen molar-refractivity contribution < 1.29 is 17.6 Å². The van der Waals surface area contributed by atoms with Crippen LogP contribution in [0.2, 0.25) is 0 Å². The van der Waals surface area contributed by atoms with Gasteiger partial charge in [-0.1, -0.05) is 0 Å². The monoisotopic (exact) mass is 464 g/mol. The number of nitrogen functional groups attached to an aromatic ring is 1. The van der Waals surface area contributed by atoms with Crippen LogP contribution in [0.25, 0.3) is 28.2 Å². The van der Waals surface area contributed by atoms with Crippen LogP contribution in [-0.4, -0.2) is 24.3 Å². The van der Waals surface area contributed by atoms with E-state index in [1.165, 1.54) is 22.7 Å². The molecule has 0 saturated carbocycles. The Bertz CT molecular complexity index is 1560. The van der Waals surface area contributed by atoms with Gasteiger partial charge in [0.15, 0.2) is 17.5 Å². The molecule has 6 nitrogen and oxygen atoms in total. The van der Waals surface area contributed by atoms with Gasteiger partial charge in [-0.05, 0) is 42.8 Å². The summed E-state index contributed by atoms with van der Waals surface area (Å²) in [6.07, 6.45) is 5.53. The summed E-state index contributed by atoms with van der Waals surface area (Å²) in [6, 6.07) is 6.01. The minimum Gasteiger partial charge on any atom is -0.383 e. The highest BCUT2D eigenvalue weighted by Crippen LogP contribution is 2.30. The molecule has 0 aliphatic carbocycles. The zero-order valence-corrected chi connectivity index (χ0v) is 17.7. The number of nitrogens with zero attached hydrogens (tertiary/aromatic N) is 5. The molecule has 10 heteroatoms. The second kappa shape index (κ2) is 8.22. The fraction of sp³-hybridized carbons (Fsp3) is 0.0833. The first kappa shape index (κ1) is 21.5. The molecule has 0 aliphatic heterocycles. The van der Waals surface area contributed by atoms with E-state index in [9.17, 15) is 17.6 Å². The van der Waals surface area contributed by atoms with Crippen LogP contribution >= 0.6 is 0 Å². The Balaban J connectivity index is 1.64. The maximum atomic E-state index is 14.3. The Kier molecular flexibility index (Phi) is 5.20. The predicted octanol–water partition coefficient (Wildman–Crippen LogP) is 4.89. The van der Waals surface area contributed by atoms with E-state index in [2.05, 4.69) is 19.9 Å². The van der Waals surface area contributed by atoms with Gasteiger partial charge in [-0.3, -0.25) is 9.38 Å². The normalized spacial score (nSPS) is 11.3. The minimum absolute atomic E-state index is 0.0715. The number of benzene rings is 1. The molecule has 0 radical (unpaired) electrons. The number of hydrogen-bond donors (Lipinski definition) is 1. The zero-order valence-electron chi connectivity index (χ0n) is 17.7. The third-order valence-electron chi connectivity index (χ3n) is 5.51. The van der Waals surface area contributed by atoms with Crippen molar-refractivity contribution >= 4 is 11.3 Å². The maximum Gasteiger partial charge on any atom is 0.182 e. The summed E-state index contributed by atoms with van der Waals surface area (Å²) >= 11 is 0. The second-order valence-electron chi connectivity index (χ2n) is 7.66. The van der Waals surface area contributed by atoms with Gasteiger partial charge in [0.2, 0.25) is 0 Å². The maximum absolute atomic E-state index is 14.3. The van der Waals surface area contributed by atoms with Crippen LogP contribution in [0, 0.1) is 30.2 Å². The Hall–Kier alpha value is -4.34. The number of fused-ring (bicyclic) bond motifs is 1. The van der Waals surface area contributed by atoms with Crippen molar-refractivity contribution in [2.45, 2.75) is 13.3 Å². The molecule has 0 amide bonds. The summed E-state index contributed by atoms with van der Waals surface area (Å²) < 4.78 is 57.6. The molecule has 0 atom stereocenters. The van der Waals surface area contributed by atoms with Gasteiger partial charge in [0.05, 0.1) is 5.52 Å². The van der Waals surface area contributed by atoms with E-state index in [1.54, 1.807) is 12.4 Å². The molecule has 0 unspecified atom stereocenters. The van der Waals surface area contributed by atoms with Crippen LogP contribution in [0.5, 0.6) is 0 Å². The van der Waals surface area contributed by atoms with E-state index in [1.807, 2.05) is 13.0 Å². The van der Waals surface area contributed by atoms with Crippen molar-refractivity contribution in [2.24, 2.45) is 0 Å². The number of anilines is 1. The molecule has 2 N–H and O–H groups in total. The Morgan fingerprint density at radius 2 is 1.71 bits per heavy atom. The van der Waals surface area contributed by atoms with Gasteiger partial charge in [0, 0.05) is 47.9 Å². The van der Waals surface area contributed by atoms with Crippen molar-refractivity contribution in [3.05, 3.63) is 95.3 Å². The number of hydrogen-bond acceptors (Lipinski definition) is 5. The molecular weight excluding hydrogens is 448 g/mol. The molecule has 5 aromatic rings. The van der Waals surface area contributed by atoms with Gasteiger partial charge >= 0.3 is 0 Å². The molecule has 0 fully saturated rings. The third kappa shape index (κ3) is 3.62. The molecule has 0 bridgehead atoms. The van der Waals surface area contributed by atoms with Gasteiger partial charge < -0.3 is 5.73 Å². The van der Waals surface area contributed by atoms with Crippen LogP contribution in [-0.2, 0) is 6.42 Å². The van der Waals surface area contributed by atoms with Crippen molar-refractivity contribution in [3.8, 4) is 22.6 Å². The quantitative estimate of drug-likeness (QED) is 0.303. The minimum atomic E-state index is -1.33. The lowest BCUT2D eigenvalue weighted by atomic mass is 10.1. The molecule has 34 heavy (non-hydrogen) atoms. The highest BCUT2D eigenvalue weighted by Gasteiger charge is 2.21. The summed E-state index contributed by atoms with van der Waals surface area (Å²) in [7, 11) is 0. The summed E-state index contributed by atoms with van der Waals surface area (Å²) in [5, 5.41) is 0. The van der Waals surface area contributed by atoms with Crippen LogP contribution in [0.1, 0.15) is 17.0 Å². The second-order valence-corrected chi connectivity index (χ2v) is 7.66. The van der Waals surface area contributed by atoms with Crippen LogP contribution in [0.3, 0.4) is 0 Å². The van der Waals surface area contributed by atoms with Crippen molar-refractivity contribution in [2.75, 3.05) is 5.73 Å². The molecular formula is C24H16F4N6. The Labute approximate surface area is 190 Å². The number of aryl methyl sites for hydroxylation is 1. The van der Waals surface area contributed by atoms with E-state index < -0.39 is 35.3 Å². The van der Waals surface area contributed by atoms with Gasteiger partial charge in [-0.2, -0.15) is 0 Å². The van der Waals surface area contributed by atoms with Gasteiger partial charge in [-0.15, -0.1) is 0 Å². The Morgan fingerprint density at radius 1 is 0.912 bits per heavy atom. The molecule has 0 saturated heterocycles. The fourth-order valence-corrected chi connectivity index (χ4v) is 3.76. The molecule has 0 spiro atoms. The first-order valence-electron chi connectivity index (χ1n) is 10.2. The van der Waals surface area contributed by atoms with E-state index >= 15 is 0 Å². The number of nitrogens with two attached hydrogens (primary N) is 1. The predicted molar refractivity (Wildman–Crippen MR) is 118 cm³/mol. The number of halogens is 4. The molecule has 5 rings (SSSR count). The first-order chi connectivity index (χ1) is 16.3. The van der Waals surface area contributed by atoms with Gasteiger partial charge in [0.1, 0.15) is 29.0 Å². The van der Waals surface area contributed by atoms with E-state index in [0.717, 1.165) is 23.4 Å². The third-order valence-corrected chi connectivity index (χ3v) is 5.51. The van der Waals surface area contributed by atoms with Crippen molar-refractivity contribution in [1.29, 1.82) is 0 Å². The van der Waals surface area contributed by atoms with Crippen LogP contribution in [0.4, 0.5) is 23.4 Å². The summed E-state index contributed by atoms with van der Waals surface area (Å²) in [6.45, 7) is 1.90. The zero-order chi connectivity index (χ0) is 24.0. The lowest BCUT2D eigenvalue weighted by Gasteiger charge is -2.08. The lowest BCUT2D eigenvalue weighted by Crippen LogP contribution is -2.04. The van der Waals surface area contributed by atoms with Crippen LogP contribution < -0.4 is 5.73 Å². The van der Waals surface area contributed by atoms with E-state index in [0.29, 0.717) is 17.1 Å². The highest BCUT2D eigenvalue weighted by atomic mass is 19.2.